The molecule has 0 radical (unpaired) electrons. The van der Waals surface area contributed by atoms with E-state index in [1.54, 1.807) is 6.07 Å². The highest BCUT2D eigenvalue weighted by Crippen LogP contribution is 2.27. The summed E-state index contributed by atoms with van der Waals surface area (Å²) in [6.07, 6.45) is 7.38. The van der Waals surface area contributed by atoms with Crippen LogP contribution in [0.5, 0.6) is 0 Å². The maximum absolute atomic E-state index is 12.2. The van der Waals surface area contributed by atoms with Crippen LogP contribution < -0.4 is 0 Å². The van der Waals surface area contributed by atoms with Crippen molar-refractivity contribution in [3.8, 4) is 11.3 Å². The first-order valence-corrected chi connectivity index (χ1v) is 8.18. The van der Waals surface area contributed by atoms with Gasteiger partial charge in [-0.1, -0.05) is 18.6 Å². The van der Waals surface area contributed by atoms with Crippen LogP contribution in [0.1, 0.15) is 42.7 Å². The summed E-state index contributed by atoms with van der Waals surface area (Å²) in [6.45, 7) is 0. The van der Waals surface area contributed by atoms with Crippen molar-refractivity contribution in [2.24, 2.45) is 0 Å². The van der Waals surface area contributed by atoms with Crippen molar-refractivity contribution in [3.05, 3.63) is 48.4 Å². The molecule has 0 amide bonds. The third-order valence-electron chi connectivity index (χ3n) is 4.47. The lowest BCUT2D eigenvalue weighted by Gasteiger charge is -2.21. The summed E-state index contributed by atoms with van der Waals surface area (Å²) < 4.78 is 11.3. The topological polar surface area (TPSA) is 55.2 Å². The first kappa shape index (κ1) is 14.1. The fraction of sp³-hybridized carbons (Fsp3) is 0.316. The molecule has 1 saturated carbocycles. The number of esters is 1. The number of H-pyrrole nitrogens is 1. The quantitative estimate of drug-likeness (QED) is 0.699. The molecule has 118 valence electrons. The van der Waals surface area contributed by atoms with Crippen LogP contribution in [0.4, 0.5) is 0 Å². The smallest absolute Gasteiger partial charge is 0.374 e. The van der Waals surface area contributed by atoms with Crippen LogP contribution in [0.25, 0.3) is 22.2 Å². The molecule has 4 heteroatoms. The summed E-state index contributed by atoms with van der Waals surface area (Å²) in [5.74, 6) is 0.596. The molecule has 0 aliphatic heterocycles. The Bertz CT molecular complexity index is 824. The summed E-state index contributed by atoms with van der Waals surface area (Å²) in [6, 6.07) is 11.6. The molecule has 4 rings (SSSR count). The number of hydrogen-bond acceptors (Lipinski definition) is 3. The first-order chi connectivity index (χ1) is 11.3. The number of benzene rings is 1. The minimum atomic E-state index is -0.357. The lowest BCUT2D eigenvalue weighted by molar-refractivity contribution is 0.0178. The van der Waals surface area contributed by atoms with E-state index < -0.39 is 0 Å². The normalized spacial score (nSPS) is 15.8. The van der Waals surface area contributed by atoms with Crippen LogP contribution in [0.3, 0.4) is 0 Å². The molecule has 1 N–H and O–H groups in total. The zero-order valence-electron chi connectivity index (χ0n) is 12.9. The fourth-order valence-corrected chi connectivity index (χ4v) is 3.20. The Morgan fingerprint density at radius 2 is 1.96 bits per heavy atom. The van der Waals surface area contributed by atoms with Gasteiger partial charge in [0.25, 0.3) is 0 Å². The van der Waals surface area contributed by atoms with Crippen LogP contribution in [-0.2, 0) is 4.74 Å². The molecule has 23 heavy (non-hydrogen) atoms. The third kappa shape index (κ3) is 2.89. The van der Waals surface area contributed by atoms with Crippen molar-refractivity contribution >= 4 is 16.9 Å². The van der Waals surface area contributed by atoms with E-state index in [2.05, 4.69) is 4.98 Å². The van der Waals surface area contributed by atoms with Crippen LogP contribution in [-0.4, -0.2) is 17.1 Å². The number of fused-ring (bicyclic) bond motifs is 1. The Labute approximate surface area is 134 Å². The van der Waals surface area contributed by atoms with E-state index in [9.17, 15) is 4.79 Å². The molecule has 1 aliphatic rings. The minimum Gasteiger partial charge on any atom is -0.457 e. The van der Waals surface area contributed by atoms with E-state index in [1.807, 2.05) is 36.5 Å². The lowest BCUT2D eigenvalue weighted by Crippen LogP contribution is -2.20. The van der Waals surface area contributed by atoms with Gasteiger partial charge < -0.3 is 14.1 Å². The number of aromatic amines is 1. The number of carbonyl (C=O) groups is 1. The van der Waals surface area contributed by atoms with Gasteiger partial charge in [0, 0.05) is 17.3 Å². The van der Waals surface area contributed by atoms with Crippen LogP contribution in [0, 0.1) is 0 Å². The molecule has 0 unspecified atom stereocenters. The largest absolute Gasteiger partial charge is 0.457 e. The van der Waals surface area contributed by atoms with Gasteiger partial charge in [0.15, 0.2) is 0 Å². The molecule has 0 spiro atoms. The summed E-state index contributed by atoms with van der Waals surface area (Å²) >= 11 is 0. The molecule has 3 aromatic rings. The van der Waals surface area contributed by atoms with Crippen molar-refractivity contribution in [2.45, 2.75) is 38.2 Å². The molecular formula is C19H19NO3. The second-order valence-electron chi connectivity index (χ2n) is 6.11. The van der Waals surface area contributed by atoms with Gasteiger partial charge in [-0.15, -0.1) is 0 Å². The van der Waals surface area contributed by atoms with Crippen LogP contribution in [0.2, 0.25) is 0 Å². The summed E-state index contributed by atoms with van der Waals surface area (Å²) in [5.41, 5.74) is 1.99. The maximum atomic E-state index is 12.2. The Hall–Kier alpha value is -2.49. The lowest BCUT2D eigenvalue weighted by atomic mass is 9.98. The van der Waals surface area contributed by atoms with Gasteiger partial charge in [0.1, 0.15) is 11.9 Å². The molecule has 0 atom stereocenters. The predicted octanol–water partition coefficient (Wildman–Crippen LogP) is 4.92. The molecule has 1 aromatic carbocycles. The number of rotatable bonds is 3. The second-order valence-corrected chi connectivity index (χ2v) is 6.11. The highest BCUT2D eigenvalue weighted by molar-refractivity contribution is 5.88. The minimum absolute atomic E-state index is 0.0417. The molecule has 0 saturated heterocycles. The number of hydrogen-bond donors (Lipinski definition) is 1. The molecular weight excluding hydrogens is 290 g/mol. The Balaban J connectivity index is 1.52. The molecule has 1 aliphatic carbocycles. The zero-order chi connectivity index (χ0) is 15.6. The van der Waals surface area contributed by atoms with E-state index in [1.165, 1.54) is 6.42 Å². The Kier molecular flexibility index (Phi) is 3.66. The fourth-order valence-electron chi connectivity index (χ4n) is 3.20. The Morgan fingerprint density at radius 1 is 1.09 bits per heavy atom. The van der Waals surface area contributed by atoms with Gasteiger partial charge in [0.2, 0.25) is 5.76 Å². The van der Waals surface area contributed by atoms with Gasteiger partial charge in [-0.05, 0) is 55.3 Å². The standard InChI is InChI=1S/C19H19NO3/c21-19(22-15-4-2-1-3-5-15)18-9-8-17(23-18)14-7-6-13-10-11-20-16(13)12-14/h6-12,15,20H,1-5H2. The van der Waals surface area contributed by atoms with E-state index in [-0.39, 0.29) is 17.8 Å². The molecule has 0 bridgehead atoms. The van der Waals surface area contributed by atoms with Gasteiger partial charge >= 0.3 is 5.97 Å². The average Bonchev–Trinajstić information content (AvgIpc) is 3.24. The number of ether oxygens (including phenoxy) is 1. The van der Waals surface area contributed by atoms with E-state index >= 15 is 0 Å². The van der Waals surface area contributed by atoms with Gasteiger partial charge in [-0.25, -0.2) is 4.79 Å². The first-order valence-electron chi connectivity index (χ1n) is 8.18. The van der Waals surface area contributed by atoms with Crippen molar-refractivity contribution in [1.29, 1.82) is 0 Å². The van der Waals surface area contributed by atoms with Gasteiger partial charge in [0.05, 0.1) is 0 Å². The molecule has 4 nitrogen and oxygen atoms in total. The van der Waals surface area contributed by atoms with E-state index in [0.29, 0.717) is 5.76 Å². The van der Waals surface area contributed by atoms with Gasteiger partial charge in [-0.2, -0.15) is 0 Å². The average molecular weight is 309 g/mol. The summed E-state index contributed by atoms with van der Waals surface area (Å²) in [4.78, 5) is 15.4. The Morgan fingerprint density at radius 3 is 2.83 bits per heavy atom. The highest BCUT2D eigenvalue weighted by Gasteiger charge is 2.21. The maximum Gasteiger partial charge on any atom is 0.374 e. The van der Waals surface area contributed by atoms with Crippen molar-refractivity contribution in [2.75, 3.05) is 0 Å². The third-order valence-corrected chi connectivity index (χ3v) is 4.47. The number of aromatic nitrogens is 1. The second kappa shape index (κ2) is 5.95. The number of nitrogens with one attached hydrogen (secondary N) is 1. The van der Waals surface area contributed by atoms with Crippen LogP contribution in [0.15, 0.2) is 47.0 Å². The van der Waals surface area contributed by atoms with E-state index in [4.69, 9.17) is 9.15 Å². The molecule has 2 aromatic heterocycles. The molecule has 1 fully saturated rings. The predicted molar refractivity (Wildman–Crippen MR) is 88.3 cm³/mol. The van der Waals surface area contributed by atoms with Crippen molar-refractivity contribution in [3.63, 3.8) is 0 Å². The van der Waals surface area contributed by atoms with E-state index in [0.717, 1.165) is 42.1 Å². The van der Waals surface area contributed by atoms with Gasteiger partial charge in [-0.3, -0.25) is 0 Å². The molecule has 2 heterocycles. The summed E-state index contributed by atoms with van der Waals surface area (Å²) in [7, 11) is 0. The highest BCUT2D eigenvalue weighted by atomic mass is 16.6. The number of furan rings is 1. The monoisotopic (exact) mass is 309 g/mol. The van der Waals surface area contributed by atoms with Crippen LogP contribution >= 0.6 is 0 Å². The SMILES string of the molecule is O=C(OC1CCCCC1)c1ccc(-c2ccc3cc[nH]c3c2)o1. The van der Waals surface area contributed by atoms with Crippen molar-refractivity contribution in [1.82, 2.24) is 4.98 Å². The zero-order valence-corrected chi connectivity index (χ0v) is 12.9. The van der Waals surface area contributed by atoms with Crippen molar-refractivity contribution < 1.29 is 13.9 Å². The summed E-state index contributed by atoms with van der Waals surface area (Å²) in [5, 5.41) is 1.15. The number of carbonyl (C=O) groups excluding carboxylic acids is 1.